The van der Waals surface area contributed by atoms with E-state index in [0.29, 0.717) is 25.1 Å². The van der Waals surface area contributed by atoms with Gasteiger partial charge in [-0.15, -0.1) is 0 Å². The van der Waals surface area contributed by atoms with E-state index >= 15 is 0 Å². The van der Waals surface area contributed by atoms with E-state index < -0.39 is 9.84 Å². The summed E-state index contributed by atoms with van der Waals surface area (Å²) >= 11 is 0. The van der Waals surface area contributed by atoms with Crippen LogP contribution in [0.5, 0.6) is 0 Å². The summed E-state index contributed by atoms with van der Waals surface area (Å²) in [7, 11) is -1.63. The van der Waals surface area contributed by atoms with Gasteiger partial charge in [-0.25, -0.2) is 8.42 Å². The molecule has 0 bridgehead atoms. The summed E-state index contributed by atoms with van der Waals surface area (Å²) in [6.07, 6.45) is 1.63. The number of furan rings is 1. The molecule has 0 radical (unpaired) electrons. The number of hydrogen-bond donors (Lipinski definition) is 1. The first kappa shape index (κ1) is 20.1. The van der Waals surface area contributed by atoms with Gasteiger partial charge in [-0.2, -0.15) is 0 Å². The van der Waals surface area contributed by atoms with Crippen molar-refractivity contribution in [3.05, 3.63) is 65.9 Å². The number of aryl methyl sites for hydroxylation is 1. The Morgan fingerprint density at radius 2 is 1.86 bits per heavy atom. The third-order valence-electron chi connectivity index (χ3n) is 4.52. The molecule has 0 aliphatic heterocycles. The van der Waals surface area contributed by atoms with Crippen molar-refractivity contribution in [2.24, 2.45) is 0 Å². The average molecular weight is 401 g/mol. The number of ether oxygens (including phenoxy) is 1. The van der Waals surface area contributed by atoms with Gasteiger partial charge in [0.05, 0.1) is 11.4 Å². The quantitative estimate of drug-likeness (QED) is 0.626. The van der Waals surface area contributed by atoms with E-state index in [1.54, 1.807) is 31.4 Å². The number of fused-ring (bicyclic) bond motifs is 1. The molecule has 1 N–H and O–H groups in total. The highest BCUT2D eigenvalue weighted by atomic mass is 32.2. The fourth-order valence-corrected chi connectivity index (χ4v) is 3.55. The van der Waals surface area contributed by atoms with Crippen LogP contribution >= 0.6 is 0 Å². The monoisotopic (exact) mass is 401 g/mol. The van der Waals surface area contributed by atoms with Crippen LogP contribution in [0.15, 0.2) is 63.9 Å². The number of sulfone groups is 1. The molecule has 28 heavy (non-hydrogen) atoms. The first-order chi connectivity index (χ1) is 13.4. The normalized spacial score (nSPS) is 12.8. The highest BCUT2D eigenvalue weighted by Gasteiger charge is 2.17. The fourth-order valence-electron chi connectivity index (χ4n) is 2.92. The van der Waals surface area contributed by atoms with Crippen LogP contribution in [0.1, 0.15) is 23.8 Å². The molecule has 7 heteroatoms. The van der Waals surface area contributed by atoms with Crippen molar-refractivity contribution in [2.45, 2.75) is 23.8 Å². The lowest BCUT2D eigenvalue weighted by Crippen LogP contribution is -2.29. The van der Waals surface area contributed by atoms with E-state index in [9.17, 15) is 13.2 Å². The number of methoxy groups -OCH3 is 1. The minimum atomic E-state index is -3.21. The third kappa shape index (κ3) is 4.99. The molecule has 0 fully saturated rings. The van der Waals surface area contributed by atoms with Gasteiger partial charge in [0.15, 0.2) is 9.84 Å². The second kappa shape index (κ2) is 8.58. The van der Waals surface area contributed by atoms with E-state index in [-0.39, 0.29) is 16.9 Å². The first-order valence-electron chi connectivity index (χ1n) is 8.94. The molecule has 1 amide bonds. The van der Waals surface area contributed by atoms with E-state index in [4.69, 9.17) is 9.15 Å². The molecule has 0 saturated heterocycles. The van der Waals surface area contributed by atoms with Gasteiger partial charge in [0.1, 0.15) is 17.4 Å². The molecular formula is C21H23NO5S. The molecule has 3 aromatic rings. The molecule has 1 heterocycles. The van der Waals surface area contributed by atoms with Crippen LogP contribution in [0, 0.1) is 0 Å². The maximum Gasteiger partial charge on any atom is 0.220 e. The highest BCUT2D eigenvalue weighted by Crippen LogP contribution is 2.25. The summed E-state index contributed by atoms with van der Waals surface area (Å²) in [6.45, 7) is 0.308. The predicted octanol–water partition coefficient (Wildman–Crippen LogP) is 3.27. The number of carbonyl (C=O) groups excluding carboxylic acids is 1. The molecular weight excluding hydrogens is 378 g/mol. The number of hydrogen-bond acceptors (Lipinski definition) is 5. The smallest absolute Gasteiger partial charge is 0.220 e. The number of carbonyl (C=O) groups is 1. The van der Waals surface area contributed by atoms with Crippen LogP contribution in [0.4, 0.5) is 0 Å². The number of benzene rings is 2. The second-order valence-corrected chi connectivity index (χ2v) is 8.65. The number of rotatable bonds is 8. The molecule has 6 nitrogen and oxygen atoms in total. The molecule has 0 aliphatic rings. The number of para-hydroxylation sites is 1. The van der Waals surface area contributed by atoms with Crippen LogP contribution in [0.25, 0.3) is 11.0 Å². The predicted molar refractivity (Wildman–Crippen MR) is 107 cm³/mol. The standard InChI is InChI=1S/C21H23NO5S/c1-26-20(19-13-16-5-3-4-6-18(16)27-19)14-22-21(23)12-9-15-7-10-17(11-8-15)28(2,24)25/h3-8,10-11,13,20H,9,12,14H2,1-2H3,(H,22,23). The fraction of sp³-hybridized carbons (Fsp3) is 0.286. The van der Waals surface area contributed by atoms with E-state index in [2.05, 4.69) is 5.32 Å². The zero-order valence-electron chi connectivity index (χ0n) is 15.8. The topological polar surface area (TPSA) is 85.6 Å². The molecule has 0 saturated carbocycles. The van der Waals surface area contributed by atoms with Crippen molar-refractivity contribution in [3.63, 3.8) is 0 Å². The first-order valence-corrected chi connectivity index (χ1v) is 10.8. The van der Waals surface area contributed by atoms with E-state index in [0.717, 1.165) is 16.5 Å². The Bertz CT molecular complexity index is 1020. The zero-order valence-corrected chi connectivity index (χ0v) is 16.7. The summed E-state index contributed by atoms with van der Waals surface area (Å²) in [4.78, 5) is 12.4. The van der Waals surface area contributed by atoms with Gasteiger partial charge in [-0.3, -0.25) is 4.79 Å². The summed E-state index contributed by atoms with van der Waals surface area (Å²) < 4.78 is 34.2. The largest absolute Gasteiger partial charge is 0.458 e. The van der Waals surface area contributed by atoms with Gasteiger partial charge in [-0.05, 0) is 36.2 Å². The summed E-state index contributed by atoms with van der Waals surface area (Å²) in [6, 6.07) is 16.2. The van der Waals surface area contributed by atoms with Crippen LogP contribution in [0.2, 0.25) is 0 Å². The maximum absolute atomic E-state index is 12.2. The van der Waals surface area contributed by atoms with Crippen LogP contribution in [-0.4, -0.2) is 34.2 Å². The zero-order chi connectivity index (χ0) is 20.1. The molecule has 2 aromatic carbocycles. The Balaban J connectivity index is 1.52. The maximum atomic E-state index is 12.2. The summed E-state index contributed by atoms with van der Waals surface area (Å²) in [5.41, 5.74) is 1.69. The van der Waals surface area contributed by atoms with Crippen molar-refractivity contribution >= 4 is 26.7 Å². The van der Waals surface area contributed by atoms with Gasteiger partial charge >= 0.3 is 0 Å². The van der Waals surface area contributed by atoms with E-state index in [1.165, 1.54) is 6.26 Å². The van der Waals surface area contributed by atoms with Crippen molar-refractivity contribution < 1.29 is 22.4 Å². The van der Waals surface area contributed by atoms with Gasteiger partial charge in [0.2, 0.25) is 5.91 Å². The summed E-state index contributed by atoms with van der Waals surface area (Å²) in [5.74, 6) is 0.561. The molecule has 3 rings (SSSR count). The Morgan fingerprint density at radius 1 is 1.14 bits per heavy atom. The van der Waals surface area contributed by atoms with Gasteiger partial charge < -0.3 is 14.5 Å². The number of nitrogens with one attached hydrogen (secondary N) is 1. The minimum absolute atomic E-state index is 0.106. The lowest BCUT2D eigenvalue weighted by Gasteiger charge is -2.13. The highest BCUT2D eigenvalue weighted by molar-refractivity contribution is 7.90. The van der Waals surface area contributed by atoms with Gasteiger partial charge in [0, 0.05) is 25.2 Å². The SMILES string of the molecule is COC(CNC(=O)CCc1ccc(S(C)(=O)=O)cc1)c1cc2ccccc2o1. The average Bonchev–Trinajstić information content (AvgIpc) is 3.10. The van der Waals surface area contributed by atoms with E-state index in [1.807, 2.05) is 30.3 Å². The Kier molecular flexibility index (Phi) is 6.16. The van der Waals surface area contributed by atoms with Crippen LogP contribution in [-0.2, 0) is 25.8 Å². The van der Waals surface area contributed by atoms with Crippen molar-refractivity contribution in [3.8, 4) is 0 Å². The lowest BCUT2D eigenvalue weighted by molar-refractivity contribution is -0.121. The summed E-state index contributed by atoms with van der Waals surface area (Å²) in [5, 5.41) is 3.85. The van der Waals surface area contributed by atoms with Crippen LogP contribution in [0.3, 0.4) is 0 Å². The number of amides is 1. The third-order valence-corrected chi connectivity index (χ3v) is 5.65. The minimum Gasteiger partial charge on any atom is -0.458 e. The molecule has 148 valence electrons. The molecule has 0 spiro atoms. The van der Waals surface area contributed by atoms with Gasteiger partial charge in [0.25, 0.3) is 0 Å². The van der Waals surface area contributed by atoms with Crippen molar-refractivity contribution in [1.29, 1.82) is 0 Å². The molecule has 1 unspecified atom stereocenters. The van der Waals surface area contributed by atoms with Crippen LogP contribution < -0.4 is 5.32 Å². The Labute approximate surface area is 164 Å². The van der Waals surface area contributed by atoms with Crippen molar-refractivity contribution in [1.82, 2.24) is 5.32 Å². The Hall–Kier alpha value is -2.64. The Morgan fingerprint density at radius 3 is 2.50 bits per heavy atom. The molecule has 1 aromatic heterocycles. The van der Waals surface area contributed by atoms with Gasteiger partial charge in [-0.1, -0.05) is 30.3 Å². The van der Waals surface area contributed by atoms with Crippen molar-refractivity contribution in [2.75, 3.05) is 19.9 Å². The lowest BCUT2D eigenvalue weighted by atomic mass is 10.1. The second-order valence-electron chi connectivity index (χ2n) is 6.63. The molecule has 1 atom stereocenters. The molecule has 0 aliphatic carbocycles.